The van der Waals surface area contributed by atoms with Crippen molar-refractivity contribution in [2.75, 3.05) is 13.1 Å². The molecule has 0 bridgehead atoms. The van der Waals surface area contributed by atoms with Gasteiger partial charge in [-0.3, -0.25) is 4.90 Å². The van der Waals surface area contributed by atoms with Crippen molar-refractivity contribution >= 4 is 12.2 Å². The molecule has 6 nitrogen and oxygen atoms in total. The van der Waals surface area contributed by atoms with Gasteiger partial charge in [0.05, 0.1) is 19.0 Å². The molecule has 2 aliphatic heterocycles. The van der Waals surface area contributed by atoms with Crippen molar-refractivity contribution in [3.05, 3.63) is 99.7 Å². The first-order chi connectivity index (χ1) is 16.6. The molecule has 180 valence electrons. The van der Waals surface area contributed by atoms with Gasteiger partial charge in [-0.2, -0.15) is 5.26 Å². The van der Waals surface area contributed by atoms with Gasteiger partial charge in [0, 0.05) is 11.1 Å². The van der Waals surface area contributed by atoms with Gasteiger partial charge in [0.15, 0.2) is 0 Å². The molecule has 4 rings (SSSR count). The molecule has 2 aromatic rings. The van der Waals surface area contributed by atoms with Gasteiger partial charge in [-0.15, -0.1) is 0 Å². The summed E-state index contributed by atoms with van der Waals surface area (Å²) in [4.78, 5) is 14.6. The number of ether oxygens (including phenoxy) is 2. The largest absolute Gasteiger partial charge is 0.444 e. The molecule has 0 aromatic heterocycles. The molecule has 2 aromatic carbocycles. The number of carbonyl (C=O) groups excluding carboxylic acids is 1. The van der Waals surface area contributed by atoms with E-state index in [1.54, 1.807) is 51.1 Å². The molecule has 0 spiro atoms. The zero-order valence-electron chi connectivity index (χ0n) is 19.6. The average Bonchev–Trinajstić information content (AvgIpc) is 2.79. The van der Waals surface area contributed by atoms with Crippen molar-refractivity contribution in [1.82, 2.24) is 4.90 Å². The van der Waals surface area contributed by atoms with E-state index in [1.807, 2.05) is 0 Å². The summed E-state index contributed by atoms with van der Waals surface area (Å²) in [5, 5.41) is 9.87. The van der Waals surface area contributed by atoms with Gasteiger partial charge in [0.2, 0.25) is 5.88 Å². The van der Waals surface area contributed by atoms with Gasteiger partial charge < -0.3 is 15.2 Å². The molecule has 1 atom stereocenters. The number of amides is 1. The van der Waals surface area contributed by atoms with E-state index in [1.165, 1.54) is 29.2 Å². The van der Waals surface area contributed by atoms with Crippen molar-refractivity contribution in [3.63, 3.8) is 0 Å². The van der Waals surface area contributed by atoms with E-state index >= 15 is 0 Å². The Kier molecular flexibility index (Phi) is 6.35. The van der Waals surface area contributed by atoms with E-state index in [2.05, 4.69) is 6.07 Å². The Bertz CT molecular complexity index is 1280. The normalized spacial score (nSPS) is 19.3. The van der Waals surface area contributed by atoms with Crippen molar-refractivity contribution in [3.8, 4) is 6.07 Å². The summed E-state index contributed by atoms with van der Waals surface area (Å²) < 4.78 is 38.6. The molecule has 1 unspecified atom stereocenters. The van der Waals surface area contributed by atoms with Crippen LogP contribution in [0.25, 0.3) is 6.08 Å². The average molecular weight is 478 g/mol. The molecule has 0 fully saturated rings. The highest BCUT2D eigenvalue weighted by molar-refractivity contribution is 5.73. The maximum Gasteiger partial charge on any atom is 0.410 e. The lowest BCUT2D eigenvalue weighted by Gasteiger charge is -2.38. The third-order valence-electron chi connectivity index (χ3n) is 5.61. The second-order valence-corrected chi connectivity index (χ2v) is 9.39. The number of hydrogen-bond acceptors (Lipinski definition) is 5. The van der Waals surface area contributed by atoms with Gasteiger partial charge >= 0.3 is 6.09 Å². The Morgan fingerprint density at radius 3 is 2.29 bits per heavy atom. The van der Waals surface area contributed by atoms with E-state index in [9.17, 15) is 18.8 Å². The highest BCUT2D eigenvalue weighted by Crippen LogP contribution is 2.44. The van der Waals surface area contributed by atoms with Crippen LogP contribution in [0.1, 0.15) is 37.8 Å². The van der Waals surface area contributed by atoms with E-state index in [0.717, 1.165) is 0 Å². The predicted molar refractivity (Wildman–Crippen MR) is 126 cm³/mol. The van der Waals surface area contributed by atoms with Crippen molar-refractivity contribution < 1.29 is 23.0 Å². The molecular formula is C27H25F2N3O3. The summed E-state index contributed by atoms with van der Waals surface area (Å²) in [6, 6.07) is 13.8. The van der Waals surface area contributed by atoms with Crippen LogP contribution >= 0.6 is 0 Å². The van der Waals surface area contributed by atoms with E-state index < -0.39 is 23.4 Å². The van der Waals surface area contributed by atoms with Gasteiger partial charge in [-0.05, 0) is 62.2 Å². The molecule has 8 heteroatoms. The summed E-state index contributed by atoms with van der Waals surface area (Å²) >= 11 is 0. The van der Waals surface area contributed by atoms with Gasteiger partial charge in [-0.25, -0.2) is 13.6 Å². The molecule has 0 saturated heterocycles. The Hall–Kier alpha value is -4.12. The minimum atomic E-state index is -0.714. The van der Waals surface area contributed by atoms with Gasteiger partial charge in [0.25, 0.3) is 0 Å². The summed E-state index contributed by atoms with van der Waals surface area (Å²) in [6.07, 6.45) is 1.24. The molecule has 0 radical (unpaired) electrons. The second kappa shape index (κ2) is 9.26. The van der Waals surface area contributed by atoms with Crippen LogP contribution in [0.3, 0.4) is 0 Å². The monoisotopic (exact) mass is 477 g/mol. The Morgan fingerprint density at radius 2 is 1.71 bits per heavy atom. The number of nitrogens with two attached hydrogens (primary N) is 1. The first-order valence-corrected chi connectivity index (χ1v) is 11.1. The molecule has 35 heavy (non-hydrogen) atoms. The zero-order chi connectivity index (χ0) is 25.3. The smallest absolute Gasteiger partial charge is 0.410 e. The lowest BCUT2D eigenvalue weighted by Crippen LogP contribution is -2.43. The van der Waals surface area contributed by atoms with E-state index in [0.29, 0.717) is 28.0 Å². The third kappa shape index (κ3) is 5.19. The highest BCUT2D eigenvalue weighted by atomic mass is 19.1. The fourth-order valence-corrected chi connectivity index (χ4v) is 4.12. The molecule has 0 saturated carbocycles. The van der Waals surface area contributed by atoms with E-state index in [4.69, 9.17) is 15.2 Å². The van der Waals surface area contributed by atoms with Crippen LogP contribution in [0.2, 0.25) is 0 Å². The molecule has 2 aliphatic rings. The number of carbonyl (C=O) groups is 1. The van der Waals surface area contributed by atoms with Crippen LogP contribution < -0.4 is 5.73 Å². The van der Waals surface area contributed by atoms with Crippen LogP contribution in [-0.4, -0.2) is 29.7 Å². The first kappa shape index (κ1) is 24.0. The summed E-state index contributed by atoms with van der Waals surface area (Å²) in [7, 11) is 0. The lowest BCUT2D eigenvalue weighted by atomic mass is 9.80. The SMILES string of the molecule is CC(C)(C)OC(=O)N1CC2=C(OC(N)=C(C#N)C2c2ccc(F)cc2)/C(=C\c2ccc(F)cc2)C1. The fourth-order valence-electron chi connectivity index (χ4n) is 4.12. The second-order valence-electron chi connectivity index (χ2n) is 9.39. The lowest BCUT2D eigenvalue weighted by molar-refractivity contribution is 0.0267. The number of rotatable bonds is 2. The minimum absolute atomic E-state index is 0.0590. The van der Waals surface area contributed by atoms with Crippen molar-refractivity contribution in [1.29, 1.82) is 5.26 Å². The van der Waals surface area contributed by atoms with Crippen LogP contribution in [0.15, 0.2) is 76.9 Å². The molecule has 2 N–H and O–H groups in total. The number of nitriles is 1. The molecule has 2 heterocycles. The molecule has 1 amide bonds. The first-order valence-electron chi connectivity index (χ1n) is 11.1. The number of nitrogens with zero attached hydrogens (tertiary/aromatic N) is 2. The van der Waals surface area contributed by atoms with Crippen LogP contribution in [0, 0.1) is 23.0 Å². The Morgan fingerprint density at radius 1 is 1.11 bits per heavy atom. The zero-order valence-corrected chi connectivity index (χ0v) is 19.6. The third-order valence-corrected chi connectivity index (χ3v) is 5.61. The Labute approximate surface area is 202 Å². The van der Waals surface area contributed by atoms with Crippen LogP contribution in [0.4, 0.5) is 13.6 Å². The summed E-state index contributed by atoms with van der Waals surface area (Å²) in [5.41, 5.74) is 8.16. The maximum absolute atomic E-state index is 13.7. The van der Waals surface area contributed by atoms with Crippen molar-refractivity contribution in [2.24, 2.45) is 5.73 Å². The topological polar surface area (TPSA) is 88.6 Å². The van der Waals surface area contributed by atoms with Crippen LogP contribution in [-0.2, 0) is 9.47 Å². The summed E-state index contributed by atoms with van der Waals surface area (Å²) in [6.45, 7) is 5.59. The fraction of sp³-hybridized carbons (Fsp3) is 0.259. The number of allylic oxidation sites excluding steroid dienone is 1. The van der Waals surface area contributed by atoms with Gasteiger partial charge in [-0.1, -0.05) is 24.3 Å². The van der Waals surface area contributed by atoms with Crippen LogP contribution in [0.5, 0.6) is 0 Å². The quantitative estimate of drug-likeness (QED) is 0.629. The van der Waals surface area contributed by atoms with Gasteiger partial charge in [0.1, 0.15) is 34.6 Å². The highest BCUT2D eigenvalue weighted by Gasteiger charge is 2.39. The standard InChI is InChI=1S/C27H25F2N3O3/c1-27(2,3)35-26(33)32-14-18(12-16-4-8-19(28)9-5-16)24-22(15-32)23(21(13-30)25(31)34-24)17-6-10-20(29)11-7-17/h4-12,23H,14-15,31H2,1-3H3/b18-12-. The Balaban J connectivity index is 1.86. The number of halogens is 2. The molecular weight excluding hydrogens is 452 g/mol. The number of hydrogen-bond donors (Lipinski definition) is 1. The van der Waals surface area contributed by atoms with E-state index in [-0.39, 0.29) is 30.4 Å². The molecule has 0 aliphatic carbocycles. The predicted octanol–water partition coefficient (Wildman–Crippen LogP) is 5.36. The number of benzene rings is 2. The maximum atomic E-state index is 13.7. The minimum Gasteiger partial charge on any atom is -0.444 e. The summed E-state index contributed by atoms with van der Waals surface area (Å²) in [5.74, 6) is -1.06. The van der Waals surface area contributed by atoms with Crippen molar-refractivity contribution in [2.45, 2.75) is 32.3 Å².